The maximum absolute atomic E-state index is 2.48. The number of likely N-dealkylation sites (N-methyl/N-ethyl adjacent to an activating group) is 1. The van der Waals surface area contributed by atoms with Crippen LogP contribution in [0.4, 0.5) is 11.4 Å². The molecule has 0 aromatic heterocycles. The molecule has 0 N–H and O–H groups in total. The van der Waals surface area contributed by atoms with Crippen LogP contribution in [-0.4, -0.2) is 24.4 Å². The van der Waals surface area contributed by atoms with Crippen molar-refractivity contribution in [1.29, 1.82) is 0 Å². The van der Waals surface area contributed by atoms with Gasteiger partial charge in [-0.3, -0.25) is 0 Å². The summed E-state index contributed by atoms with van der Waals surface area (Å²) in [6.45, 7) is 9.56. The Labute approximate surface area is 287 Å². The smallest absolute Gasteiger partial charge is 0.210 e. The first-order valence-electron chi connectivity index (χ1n) is 18.0. The summed E-state index contributed by atoms with van der Waals surface area (Å²) in [5.74, 6) is 0. The first-order chi connectivity index (χ1) is 23.1. The van der Waals surface area contributed by atoms with Crippen LogP contribution in [0.5, 0.6) is 0 Å². The van der Waals surface area contributed by atoms with Crippen molar-refractivity contribution in [2.75, 3.05) is 19.0 Å². The highest BCUT2D eigenvalue weighted by molar-refractivity contribution is 6.07. The second-order valence-electron chi connectivity index (χ2n) is 16.0. The van der Waals surface area contributed by atoms with E-state index in [-0.39, 0.29) is 16.2 Å². The third-order valence-corrected chi connectivity index (χ3v) is 11.8. The van der Waals surface area contributed by atoms with Gasteiger partial charge in [0.1, 0.15) is 7.05 Å². The van der Waals surface area contributed by atoms with E-state index in [0.29, 0.717) is 0 Å². The lowest BCUT2D eigenvalue weighted by Gasteiger charge is -2.30. The number of anilines is 1. The SMILES string of the molecule is CN1C(=CC=CC2=CC(=CC=CC3=[N+](C)c4ccc5ccccc5c4C3(C)C)CC(C)(C)C2)C2(CCCC2)c2c1ccc1ccccc21. The zero-order valence-corrected chi connectivity index (χ0v) is 29.6. The van der Waals surface area contributed by atoms with E-state index >= 15 is 0 Å². The zero-order valence-electron chi connectivity index (χ0n) is 29.6. The van der Waals surface area contributed by atoms with Crippen LogP contribution in [0.25, 0.3) is 21.5 Å². The fourth-order valence-electron chi connectivity index (χ4n) is 9.82. The van der Waals surface area contributed by atoms with Gasteiger partial charge in [-0.2, -0.15) is 4.58 Å². The average molecular weight is 630 g/mol. The molecule has 1 spiro atoms. The fraction of sp³-hybridized carbons (Fsp3) is 0.326. The van der Waals surface area contributed by atoms with Gasteiger partial charge < -0.3 is 4.90 Å². The van der Waals surface area contributed by atoms with E-state index in [0.717, 1.165) is 12.8 Å². The number of hydrogen-bond donors (Lipinski definition) is 0. The summed E-state index contributed by atoms with van der Waals surface area (Å²) in [4.78, 5) is 2.48. The van der Waals surface area contributed by atoms with Gasteiger partial charge in [-0.25, -0.2) is 0 Å². The maximum atomic E-state index is 2.48. The third-order valence-electron chi connectivity index (χ3n) is 11.8. The number of benzene rings is 4. The summed E-state index contributed by atoms with van der Waals surface area (Å²) in [7, 11) is 4.49. The molecule has 2 aliphatic carbocycles. The number of nitrogens with zero attached hydrogens (tertiary/aromatic N) is 2. The van der Waals surface area contributed by atoms with Crippen molar-refractivity contribution in [3.63, 3.8) is 0 Å². The summed E-state index contributed by atoms with van der Waals surface area (Å²) in [5.41, 5.74) is 11.6. The van der Waals surface area contributed by atoms with Gasteiger partial charge in [0.2, 0.25) is 5.69 Å². The predicted molar refractivity (Wildman–Crippen MR) is 206 cm³/mol. The average Bonchev–Trinajstić information content (AvgIpc) is 3.70. The van der Waals surface area contributed by atoms with Crippen LogP contribution in [0.1, 0.15) is 77.3 Å². The molecule has 4 aromatic rings. The first kappa shape index (κ1) is 30.9. The van der Waals surface area contributed by atoms with Gasteiger partial charge in [0.15, 0.2) is 5.71 Å². The Morgan fingerprint density at radius 2 is 1.35 bits per heavy atom. The minimum atomic E-state index is -0.0704. The molecule has 0 unspecified atom stereocenters. The molecular formula is C46H49N2+. The molecule has 2 heterocycles. The molecule has 242 valence electrons. The van der Waals surface area contributed by atoms with Crippen molar-refractivity contribution in [3.05, 3.63) is 143 Å². The second kappa shape index (κ2) is 11.3. The van der Waals surface area contributed by atoms with Gasteiger partial charge in [-0.05, 0) is 101 Å². The van der Waals surface area contributed by atoms with Crippen molar-refractivity contribution in [1.82, 2.24) is 0 Å². The summed E-state index contributed by atoms with van der Waals surface area (Å²) < 4.78 is 2.39. The van der Waals surface area contributed by atoms with Crippen LogP contribution < -0.4 is 4.90 Å². The van der Waals surface area contributed by atoms with Crippen molar-refractivity contribution < 1.29 is 4.58 Å². The lowest BCUT2D eigenvalue weighted by molar-refractivity contribution is -0.401. The van der Waals surface area contributed by atoms with Crippen LogP contribution in [0.15, 0.2) is 132 Å². The molecule has 0 atom stereocenters. The van der Waals surface area contributed by atoms with Crippen LogP contribution in [0.2, 0.25) is 0 Å². The largest absolute Gasteiger partial charge is 0.347 e. The highest BCUT2D eigenvalue weighted by Gasteiger charge is 2.48. The lowest BCUT2D eigenvalue weighted by atomic mass is 9.74. The lowest BCUT2D eigenvalue weighted by Crippen LogP contribution is -2.26. The minimum absolute atomic E-state index is 0.0704. The number of rotatable bonds is 4. The highest BCUT2D eigenvalue weighted by atomic mass is 15.2. The van der Waals surface area contributed by atoms with E-state index < -0.39 is 0 Å². The Balaban J connectivity index is 1.08. The Morgan fingerprint density at radius 3 is 2.08 bits per heavy atom. The molecule has 48 heavy (non-hydrogen) atoms. The van der Waals surface area contributed by atoms with Crippen molar-refractivity contribution in [2.45, 2.75) is 77.0 Å². The van der Waals surface area contributed by atoms with Gasteiger partial charge in [0.05, 0.1) is 5.41 Å². The van der Waals surface area contributed by atoms with E-state index in [1.807, 2.05) is 0 Å². The monoisotopic (exact) mass is 629 g/mol. The Bertz CT molecular complexity index is 2150. The molecule has 2 heteroatoms. The van der Waals surface area contributed by atoms with E-state index in [2.05, 4.69) is 167 Å². The molecule has 4 aliphatic rings. The topological polar surface area (TPSA) is 6.25 Å². The summed E-state index contributed by atoms with van der Waals surface area (Å²) in [5, 5.41) is 5.46. The highest BCUT2D eigenvalue weighted by Crippen LogP contribution is 2.58. The number of hydrogen-bond acceptors (Lipinski definition) is 1. The molecule has 0 saturated heterocycles. The fourth-order valence-corrected chi connectivity index (χ4v) is 9.82. The van der Waals surface area contributed by atoms with Crippen molar-refractivity contribution >= 4 is 38.6 Å². The molecule has 1 fully saturated rings. The van der Waals surface area contributed by atoms with E-state index in [1.54, 1.807) is 5.56 Å². The van der Waals surface area contributed by atoms with Gasteiger partial charge in [0, 0.05) is 41.6 Å². The molecule has 0 amide bonds. The standard InChI is InChI=1S/C46H49N2/c1-44(2)30-32(15-13-21-40-45(3,4)42-36-19-9-7-17-34(36)23-25-38(42)47(40)5)29-33(31-44)16-14-22-41-46(27-11-12-28-46)43-37-20-10-8-18-35(37)24-26-39(43)48(41)6/h7-10,13-26,29H,11-12,27-28,30-31H2,1-6H3/q+1. The van der Waals surface area contributed by atoms with Gasteiger partial charge in [-0.1, -0.05) is 112 Å². The number of allylic oxidation sites excluding steroid dienone is 10. The number of fused-ring (bicyclic) bond motifs is 7. The second-order valence-corrected chi connectivity index (χ2v) is 16.0. The Morgan fingerprint density at radius 1 is 0.708 bits per heavy atom. The third kappa shape index (κ3) is 4.87. The molecule has 0 bridgehead atoms. The first-order valence-corrected chi connectivity index (χ1v) is 18.0. The molecule has 2 nitrogen and oxygen atoms in total. The van der Waals surface area contributed by atoms with E-state index in [1.165, 1.54) is 86.7 Å². The van der Waals surface area contributed by atoms with Crippen molar-refractivity contribution in [3.8, 4) is 0 Å². The summed E-state index contributed by atoms with van der Waals surface area (Å²) in [6.07, 6.45) is 23.8. The van der Waals surface area contributed by atoms with Crippen LogP contribution >= 0.6 is 0 Å². The quantitative estimate of drug-likeness (QED) is 0.204. The molecule has 8 rings (SSSR count). The van der Waals surface area contributed by atoms with Crippen molar-refractivity contribution in [2.24, 2.45) is 5.41 Å². The van der Waals surface area contributed by atoms with Crippen LogP contribution in [-0.2, 0) is 10.8 Å². The predicted octanol–water partition coefficient (Wildman–Crippen LogP) is 11.6. The Hall–Kier alpha value is -4.43. The maximum Gasteiger partial charge on any atom is 0.210 e. The molecule has 4 aromatic carbocycles. The van der Waals surface area contributed by atoms with Gasteiger partial charge >= 0.3 is 0 Å². The molecule has 2 aliphatic heterocycles. The normalized spacial score (nSPS) is 22.7. The van der Waals surface area contributed by atoms with Crippen LogP contribution in [0, 0.1) is 5.41 Å². The van der Waals surface area contributed by atoms with E-state index in [9.17, 15) is 0 Å². The molecular weight excluding hydrogens is 581 g/mol. The minimum Gasteiger partial charge on any atom is -0.347 e. The summed E-state index contributed by atoms with van der Waals surface area (Å²) in [6, 6.07) is 27.0. The van der Waals surface area contributed by atoms with E-state index in [4.69, 9.17) is 0 Å². The van der Waals surface area contributed by atoms with Gasteiger partial charge in [0.25, 0.3) is 0 Å². The zero-order chi connectivity index (χ0) is 33.3. The Kier molecular flexibility index (Phi) is 7.29. The molecule has 1 saturated carbocycles. The molecule has 0 radical (unpaired) electrons. The van der Waals surface area contributed by atoms with Gasteiger partial charge in [-0.15, -0.1) is 0 Å². The summed E-state index contributed by atoms with van der Waals surface area (Å²) >= 11 is 0. The van der Waals surface area contributed by atoms with Crippen LogP contribution in [0.3, 0.4) is 0 Å².